The fourth-order valence-corrected chi connectivity index (χ4v) is 4.21. The number of hydrogen-bond donors (Lipinski definition) is 0. The van der Waals surface area contributed by atoms with Crippen LogP contribution in [-0.2, 0) is 6.18 Å². The minimum Gasteiger partial charge on any atom is -0.493 e. The normalized spacial score (nSPS) is 11.4. The van der Waals surface area contributed by atoms with Gasteiger partial charge in [0.05, 0.1) is 32.3 Å². The van der Waals surface area contributed by atoms with Gasteiger partial charge in [0.1, 0.15) is 17.1 Å². The van der Waals surface area contributed by atoms with E-state index in [0.29, 0.717) is 5.39 Å². The van der Waals surface area contributed by atoms with Crippen LogP contribution in [0, 0.1) is 0 Å². The zero-order chi connectivity index (χ0) is 29.3. The topological polar surface area (TPSA) is 93.4 Å². The van der Waals surface area contributed by atoms with Crippen molar-refractivity contribution in [2.24, 2.45) is 0 Å². The summed E-state index contributed by atoms with van der Waals surface area (Å²) in [5, 5.41) is 1.35. The molecule has 0 amide bonds. The molecule has 5 rings (SSSR count). The molecule has 0 N–H and O–H groups in total. The number of esters is 1. The smallest absolute Gasteiger partial charge is 0.453 e. The Morgan fingerprint density at radius 1 is 0.756 bits per heavy atom. The lowest BCUT2D eigenvalue weighted by Gasteiger charge is -2.15. The molecule has 1 heterocycles. The molecule has 0 saturated carbocycles. The number of alkyl halides is 3. The number of ether oxygens (including phenoxy) is 5. The average Bonchev–Trinajstić information content (AvgIpc) is 2.96. The lowest BCUT2D eigenvalue weighted by Crippen LogP contribution is -2.15. The Balaban J connectivity index is 1.52. The molecule has 8 nitrogen and oxygen atoms in total. The van der Waals surface area contributed by atoms with Gasteiger partial charge >= 0.3 is 12.1 Å². The predicted octanol–water partition coefficient (Wildman–Crippen LogP) is 7.00. The predicted molar refractivity (Wildman–Crippen MR) is 143 cm³/mol. The van der Waals surface area contributed by atoms with Gasteiger partial charge in [-0.15, -0.1) is 0 Å². The van der Waals surface area contributed by atoms with Crippen LogP contribution in [0.4, 0.5) is 13.2 Å². The second-order valence-corrected chi connectivity index (χ2v) is 8.66. The molecule has 4 aromatic carbocycles. The van der Waals surface area contributed by atoms with Crippen LogP contribution in [-0.4, -0.2) is 27.3 Å². The molecule has 0 aliphatic carbocycles. The van der Waals surface area contributed by atoms with Gasteiger partial charge in [-0.1, -0.05) is 30.3 Å². The summed E-state index contributed by atoms with van der Waals surface area (Å²) in [7, 11) is 4.14. The van der Waals surface area contributed by atoms with Gasteiger partial charge in [-0.2, -0.15) is 13.2 Å². The van der Waals surface area contributed by atoms with E-state index >= 15 is 0 Å². The zero-order valence-electron chi connectivity index (χ0n) is 21.8. The van der Waals surface area contributed by atoms with Gasteiger partial charge in [-0.25, -0.2) is 4.79 Å². The number of rotatable bonds is 7. The summed E-state index contributed by atoms with van der Waals surface area (Å²) >= 11 is 0. The number of benzene rings is 4. The Kier molecular flexibility index (Phi) is 7.19. The maximum atomic E-state index is 14.0. The fraction of sp³-hybridized carbons (Fsp3) is 0.133. The highest BCUT2D eigenvalue weighted by Crippen LogP contribution is 2.40. The van der Waals surface area contributed by atoms with Crippen LogP contribution in [0.15, 0.2) is 82.0 Å². The van der Waals surface area contributed by atoms with Crippen LogP contribution in [0.5, 0.6) is 34.5 Å². The van der Waals surface area contributed by atoms with E-state index in [9.17, 15) is 22.8 Å². The monoisotopic (exact) mass is 566 g/mol. The van der Waals surface area contributed by atoms with E-state index in [4.69, 9.17) is 28.1 Å². The van der Waals surface area contributed by atoms with Crippen LogP contribution in [0.2, 0.25) is 0 Å². The van der Waals surface area contributed by atoms with Crippen molar-refractivity contribution < 1.29 is 46.1 Å². The first-order valence-corrected chi connectivity index (χ1v) is 12.0. The number of fused-ring (bicyclic) bond motifs is 2. The molecule has 5 aromatic rings. The van der Waals surface area contributed by atoms with E-state index in [1.165, 1.54) is 57.7 Å². The molecular formula is C30H21F3O8. The van der Waals surface area contributed by atoms with Gasteiger partial charge in [0.15, 0.2) is 11.5 Å². The Morgan fingerprint density at radius 2 is 1.41 bits per heavy atom. The van der Waals surface area contributed by atoms with Gasteiger partial charge in [-0.05, 0) is 47.2 Å². The van der Waals surface area contributed by atoms with Crippen molar-refractivity contribution >= 4 is 27.7 Å². The molecule has 41 heavy (non-hydrogen) atoms. The van der Waals surface area contributed by atoms with Crippen LogP contribution < -0.4 is 29.1 Å². The minimum absolute atomic E-state index is 0.0103. The fourth-order valence-electron chi connectivity index (χ4n) is 4.21. The average molecular weight is 566 g/mol. The first kappa shape index (κ1) is 27.4. The summed E-state index contributed by atoms with van der Waals surface area (Å²) in [6, 6.07) is 18.0. The van der Waals surface area contributed by atoms with Crippen molar-refractivity contribution in [3.05, 3.63) is 94.3 Å². The number of hydrogen-bond acceptors (Lipinski definition) is 8. The van der Waals surface area contributed by atoms with Crippen molar-refractivity contribution in [2.75, 3.05) is 21.3 Å². The van der Waals surface area contributed by atoms with Crippen LogP contribution in [0.1, 0.15) is 16.1 Å². The Labute approximate surface area is 230 Å². The van der Waals surface area contributed by atoms with Gasteiger partial charge in [0.2, 0.25) is 16.9 Å². The van der Waals surface area contributed by atoms with E-state index in [2.05, 4.69) is 0 Å². The standard InChI is InChI=1S/C30H21F3O8/c1-36-23-13-18(14-24(37-2)26(23)38-3)29(35)40-20-10-11-21-22(15-20)41-28(30(31,32)33)27(25(21)34)39-19-9-8-16-6-4-5-7-17(16)12-19/h4-15H,1-3H3. The Hall–Kier alpha value is -5.19. The third-order valence-corrected chi connectivity index (χ3v) is 6.13. The minimum atomic E-state index is -5.07. The van der Waals surface area contributed by atoms with Gasteiger partial charge in [-0.3, -0.25) is 4.79 Å². The molecule has 0 atom stereocenters. The summed E-state index contributed by atoms with van der Waals surface area (Å²) in [6.07, 6.45) is -5.07. The summed E-state index contributed by atoms with van der Waals surface area (Å²) < 4.78 is 73.7. The molecule has 0 radical (unpaired) electrons. The molecule has 0 spiro atoms. The highest BCUT2D eigenvalue weighted by atomic mass is 19.4. The second kappa shape index (κ2) is 10.8. The van der Waals surface area contributed by atoms with Crippen LogP contribution in [0.3, 0.4) is 0 Å². The first-order valence-electron chi connectivity index (χ1n) is 12.0. The molecule has 0 unspecified atom stereocenters. The van der Waals surface area contributed by atoms with E-state index in [0.717, 1.165) is 11.5 Å². The third kappa shape index (κ3) is 5.33. The van der Waals surface area contributed by atoms with Gasteiger partial charge in [0, 0.05) is 6.07 Å². The van der Waals surface area contributed by atoms with E-state index < -0.39 is 34.7 Å². The quantitative estimate of drug-likeness (QED) is 0.154. The lowest BCUT2D eigenvalue weighted by molar-refractivity contribution is -0.154. The Morgan fingerprint density at radius 3 is 2.05 bits per heavy atom. The summed E-state index contributed by atoms with van der Waals surface area (Å²) in [5.41, 5.74) is -1.49. The first-order chi connectivity index (χ1) is 19.6. The highest BCUT2D eigenvalue weighted by molar-refractivity contribution is 5.93. The molecule has 0 fully saturated rings. The maximum Gasteiger partial charge on any atom is 0.453 e. The Bertz CT molecular complexity index is 1820. The van der Waals surface area contributed by atoms with Gasteiger partial charge in [0.25, 0.3) is 5.76 Å². The second-order valence-electron chi connectivity index (χ2n) is 8.66. The number of methoxy groups -OCH3 is 3. The van der Waals surface area contributed by atoms with Crippen molar-refractivity contribution in [3.8, 4) is 34.5 Å². The summed E-state index contributed by atoms with van der Waals surface area (Å²) in [4.78, 5) is 26.1. The number of carbonyl (C=O) groups is 1. The van der Waals surface area contributed by atoms with E-state index in [-0.39, 0.29) is 39.7 Å². The molecule has 210 valence electrons. The van der Waals surface area contributed by atoms with Crippen molar-refractivity contribution in [1.29, 1.82) is 0 Å². The van der Waals surface area contributed by atoms with Crippen molar-refractivity contribution in [2.45, 2.75) is 6.18 Å². The number of carbonyl (C=O) groups excluding carboxylic acids is 1. The largest absolute Gasteiger partial charge is 0.493 e. The van der Waals surface area contributed by atoms with Crippen molar-refractivity contribution in [1.82, 2.24) is 0 Å². The lowest BCUT2D eigenvalue weighted by atomic mass is 10.1. The third-order valence-electron chi connectivity index (χ3n) is 6.13. The SMILES string of the molecule is COc1cc(C(=O)Oc2ccc3c(=O)c(Oc4ccc5ccccc5c4)c(C(F)(F)F)oc3c2)cc(OC)c1OC. The summed E-state index contributed by atoms with van der Waals surface area (Å²) in [5.74, 6) is -3.03. The molecule has 1 aromatic heterocycles. The molecule has 0 aliphatic rings. The maximum absolute atomic E-state index is 14.0. The molecule has 0 saturated heterocycles. The number of halogens is 3. The zero-order valence-corrected chi connectivity index (χ0v) is 21.8. The molecule has 0 bridgehead atoms. The van der Waals surface area contributed by atoms with E-state index in [1.54, 1.807) is 18.2 Å². The van der Waals surface area contributed by atoms with Crippen LogP contribution >= 0.6 is 0 Å². The van der Waals surface area contributed by atoms with Crippen LogP contribution in [0.25, 0.3) is 21.7 Å². The van der Waals surface area contributed by atoms with E-state index in [1.807, 2.05) is 12.1 Å². The molecular weight excluding hydrogens is 545 g/mol. The highest BCUT2D eigenvalue weighted by Gasteiger charge is 2.40. The molecule has 0 aliphatic heterocycles. The summed E-state index contributed by atoms with van der Waals surface area (Å²) in [6.45, 7) is 0. The van der Waals surface area contributed by atoms with Crippen molar-refractivity contribution in [3.63, 3.8) is 0 Å². The molecule has 11 heteroatoms. The van der Waals surface area contributed by atoms with Gasteiger partial charge < -0.3 is 28.1 Å².